The van der Waals surface area contributed by atoms with Gasteiger partial charge in [0.2, 0.25) is 0 Å². The van der Waals surface area contributed by atoms with Gasteiger partial charge in [-0.25, -0.2) is 10.3 Å². The van der Waals surface area contributed by atoms with Crippen molar-refractivity contribution in [2.24, 2.45) is 0 Å². The maximum Gasteiger partial charge on any atom is 0.278 e. The monoisotopic (exact) mass is 377 g/mol. The van der Waals surface area contributed by atoms with Crippen molar-refractivity contribution < 1.29 is 19.1 Å². The van der Waals surface area contributed by atoms with Crippen molar-refractivity contribution in [1.82, 2.24) is 5.48 Å². The molecular weight excluding hydrogens is 361 g/mol. The van der Waals surface area contributed by atoms with E-state index in [1.54, 1.807) is 12.1 Å². The third kappa shape index (κ3) is 4.05. The Morgan fingerprint density at radius 3 is 3.00 bits per heavy atom. The number of benzene rings is 1. The number of hydrogen-bond acceptors (Lipinski definition) is 4. The fourth-order valence-electron chi connectivity index (χ4n) is 1.83. The number of carbonyl (C=O) groups is 1. The molecule has 5 nitrogen and oxygen atoms in total. The molecule has 1 unspecified atom stereocenters. The predicted octanol–water partition coefficient (Wildman–Crippen LogP) is 2.49. The standard InChI is InChI=1S/C13H16INO4/c1-17-11-8-9(14)5-6-10(11)13(16)15-19-12-4-2-3-7-18-12/h5-6,8,12H,2-4,7H2,1H3,(H,15,16). The van der Waals surface area contributed by atoms with Crippen LogP contribution in [-0.2, 0) is 9.57 Å². The van der Waals surface area contributed by atoms with Crippen LogP contribution in [0.3, 0.4) is 0 Å². The summed E-state index contributed by atoms with van der Waals surface area (Å²) in [6.07, 6.45) is 2.53. The predicted molar refractivity (Wildman–Crippen MR) is 77.9 cm³/mol. The van der Waals surface area contributed by atoms with E-state index < -0.39 is 0 Å². The highest BCUT2D eigenvalue weighted by molar-refractivity contribution is 14.1. The summed E-state index contributed by atoms with van der Waals surface area (Å²) in [4.78, 5) is 17.3. The zero-order valence-electron chi connectivity index (χ0n) is 10.6. The minimum absolute atomic E-state index is 0.331. The summed E-state index contributed by atoms with van der Waals surface area (Å²) < 4.78 is 11.6. The molecule has 1 saturated heterocycles. The average Bonchev–Trinajstić information content (AvgIpc) is 2.45. The Morgan fingerprint density at radius 2 is 2.32 bits per heavy atom. The second kappa shape index (κ2) is 7.06. The first-order valence-electron chi connectivity index (χ1n) is 6.12. The first-order valence-corrected chi connectivity index (χ1v) is 7.19. The highest BCUT2D eigenvalue weighted by Crippen LogP contribution is 2.21. The Hall–Kier alpha value is -0.860. The molecule has 1 atom stereocenters. The van der Waals surface area contributed by atoms with E-state index in [4.69, 9.17) is 14.3 Å². The quantitative estimate of drug-likeness (QED) is 0.647. The summed E-state index contributed by atoms with van der Waals surface area (Å²) in [6.45, 7) is 0.674. The van der Waals surface area contributed by atoms with Gasteiger partial charge in [-0.3, -0.25) is 4.79 Å². The van der Waals surface area contributed by atoms with Gasteiger partial charge in [-0.15, -0.1) is 0 Å². The maximum atomic E-state index is 12.0. The largest absolute Gasteiger partial charge is 0.496 e. The molecule has 0 aliphatic carbocycles. The molecule has 104 valence electrons. The number of carbonyl (C=O) groups excluding carboxylic acids is 1. The third-order valence-electron chi connectivity index (χ3n) is 2.83. The summed E-state index contributed by atoms with van der Waals surface area (Å²) in [5.74, 6) is 0.194. The van der Waals surface area contributed by atoms with Gasteiger partial charge in [0, 0.05) is 16.6 Å². The molecule has 1 aliphatic rings. The van der Waals surface area contributed by atoms with Crippen LogP contribution in [0.1, 0.15) is 29.6 Å². The first-order chi connectivity index (χ1) is 9.20. The molecule has 1 heterocycles. The van der Waals surface area contributed by atoms with Crippen molar-refractivity contribution in [3.05, 3.63) is 27.3 Å². The van der Waals surface area contributed by atoms with E-state index in [-0.39, 0.29) is 12.2 Å². The van der Waals surface area contributed by atoms with Crippen LogP contribution in [0.2, 0.25) is 0 Å². The SMILES string of the molecule is COc1cc(I)ccc1C(=O)NOC1CCCCO1. The molecule has 1 fully saturated rings. The Bertz CT molecular complexity index is 446. The number of nitrogens with one attached hydrogen (secondary N) is 1. The maximum absolute atomic E-state index is 12.0. The molecule has 0 radical (unpaired) electrons. The lowest BCUT2D eigenvalue weighted by Gasteiger charge is -2.22. The van der Waals surface area contributed by atoms with E-state index in [2.05, 4.69) is 28.1 Å². The number of amides is 1. The topological polar surface area (TPSA) is 56.8 Å². The van der Waals surface area contributed by atoms with Crippen LogP contribution in [0.15, 0.2) is 18.2 Å². The molecule has 1 amide bonds. The number of hydroxylamine groups is 1. The molecule has 0 spiro atoms. The molecule has 1 N–H and O–H groups in total. The van der Waals surface area contributed by atoms with Gasteiger partial charge in [0.25, 0.3) is 5.91 Å². The summed E-state index contributed by atoms with van der Waals surface area (Å²) in [5, 5.41) is 0. The van der Waals surface area contributed by atoms with Gasteiger partial charge >= 0.3 is 0 Å². The van der Waals surface area contributed by atoms with Crippen molar-refractivity contribution in [3.63, 3.8) is 0 Å². The minimum atomic E-state index is -0.354. The van der Waals surface area contributed by atoms with E-state index in [1.807, 2.05) is 6.07 Å². The summed E-state index contributed by atoms with van der Waals surface area (Å²) in [7, 11) is 1.54. The Morgan fingerprint density at radius 1 is 1.47 bits per heavy atom. The van der Waals surface area contributed by atoms with Gasteiger partial charge in [-0.2, -0.15) is 0 Å². The van der Waals surface area contributed by atoms with Gasteiger partial charge < -0.3 is 9.47 Å². The highest BCUT2D eigenvalue weighted by atomic mass is 127. The van der Waals surface area contributed by atoms with E-state index in [0.717, 1.165) is 22.8 Å². The number of halogens is 1. The molecule has 6 heteroatoms. The van der Waals surface area contributed by atoms with E-state index in [0.29, 0.717) is 17.9 Å². The Labute approximate surface area is 125 Å². The minimum Gasteiger partial charge on any atom is -0.496 e. The van der Waals surface area contributed by atoms with Crippen molar-refractivity contribution in [3.8, 4) is 5.75 Å². The number of methoxy groups -OCH3 is 1. The van der Waals surface area contributed by atoms with E-state index in [1.165, 1.54) is 7.11 Å². The summed E-state index contributed by atoms with van der Waals surface area (Å²) in [5.41, 5.74) is 2.86. The van der Waals surface area contributed by atoms with Crippen molar-refractivity contribution >= 4 is 28.5 Å². The van der Waals surface area contributed by atoms with Gasteiger partial charge in [0.05, 0.1) is 12.7 Å². The molecule has 2 rings (SSSR count). The molecule has 1 aromatic rings. The Balaban J connectivity index is 1.95. The second-order valence-corrected chi connectivity index (χ2v) is 5.44. The van der Waals surface area contributed by atoms with Crippen LogP contribution >= 0.6 is 22.6 Å². The zero-order valence-corrected chi connectivity index (χ0v) is 12.8. The van der Waals surface area contributed by atoms with Crippen molar-refractivity contribution in [2.45, 2.75) is 25.6 Å². The van der Waals surface area contributed by atoms with Gasteiger partial charge in [0.15, 0.2) is 6.29 Å². The van der Waals surface area contributed by atoms with Crippen LogP contribution in [0.5, 0.6) is 5.75 Å². The van der Waals surface area contributed by atoms with Crippen LogP contribution < -0.4 is 10.2 Å². The summed E-state index contributed by atoms with van der Waals surface area (Å²) >= 11 is 2.16. The lowest BCUT2D eigenvalue weighted by Crippen LogP contribution is -2.33. The molecule has 0 saturated carbocycles. The lowest BCUT2D eigenvalue weighted by molar-refractivity contribution is -0.186. The molecule has 0 bridgehead atoms. The Kier molecular flexibility index (Phi) is 5.41. The van der Waals surface area contributed by atoms with Crippen molar-refractivity contribution in [2.75, 3.05) is 13.7 Å². The normalized spacial score (nSPS) is 18.9. The number of rotatable bonds is 4. The van der Waals surface area contributed by atoms with Gasteiger partial charge in [0.1, 0.15) is 5.75 Å². The fraction of sp³-hybridized carbons (Fsp3) is 0.462. The smallest absolute Gasteiger partial charge is 0.278 e. The number of ether oxygens (including phenoxy) is 2. The van der Waals surface area contributed by atoms with Crippen LogP contribution in [-0.4, -0.2) is 25.9 Å². The van der Waals surface area contributed by atoms with Crippen LogP contribution in [0.25, 0.3) is 0 Å². The third-order valence-corrected chi connectivity index (χ3v) is 3.50. The first kappa shape index (κ1) is 14.5. The van der Waals surface area contributed by atoms with E-state index >= 15 is 0 Å². The van der Waals surface area contributed by atoms with E-state index in [9.17, 15) is 4.79 Å². The fourth-order valence-corrected chi connectivity index (χ4v) is 2.29. The molecule has 1 aliphatic heterocycles. The molecule has 0 aromatic heterocycles. The number of hydrogen-bond donors (Lipinski definition) is 1. The van der Waals surface area contributed by atoms with Crippen molar-refractivity contribution in [1.29, 1.82) is 0 Å². The van der Waals surface area contributed by atoms with Crippen LogP contribution in [0, 0.1) is 3.57 Å². The highest BCUT2D eigenvalue weighted by Gasteiger charge is 2.18. The molecule has 1 aromatic carbocycles. The zero-order chi connectivity index (χ0) is 13.7. The van der Waals surface area contributed by atoms with Crippen LogP contribution in [0.4, 0.5) is 0 Å². The summed E-state index contributed by atoms with van der Waals surface area (Å²) in [6, 6.07) is 5.35. The van der Waals surface area contributed by atoms with Gasteiger partial charge in [-0.1, -0.05) is 0 Å². The molecular formula is C13H16INO4. The second-order valence-electron chi connectivity index (χ2n) is 4.19. The lowest BCUT2D eigenvalue weighted by atomic mass is 10.2. The van der Waals surface area contributed by atoms with Gasteiger partial charge in [-0.05, 0) is 53.6 Å². The average molecular weight is 377 g/mol. The molecule has 19 heavy (non-hydrogen) atoms.